The van der Waals surface area contributed by atoms with Crippen LogP contribution >= 0.6 is 0 Å². The molecular formula is C34H33N3O3. The molecule has 2 atom stereocenters. The van der Waals surface area contributed by atoms with Crippen LogP contribution in [0, 0.1) is 0 Å². The smallest absolute Gasteiger partial charge is 0.259 e. The van der Waals surface area contributed by atoms with Gasteiger partial charge in [-0.2, -0.15) is 0 Å². The first kappa shape index (κ1) is 25.7. The fraction of sp³-hybridized carbons (Fsp3) is 0.235. The van der Waals surface area contributed by atoms with Crippen molar-refractivity contribution < 1.29 is 14.0 Å². The summed E-state index contributed by atoms with van der Waals surface area (Å²) in [6.45, 7) is 6.08. The summed E-state index contributed by atoms with van der Waals surface area (Å²) in [5.41, 5.74) is 5.60. The number of anilines is 3. The van der Waals surface area contributed by atoms with E-state index < -0.39 is 6.04 Å². The van der Waals surface area contributed by atoms with E-state index in [1.807, 2.05) is 66.7 Å². The van der Waals surface area contributed by atoms with Crippen molar-refractivity contribution >= 4 is 28.8 Å². The summed E-state index contributed by atoms with van der Waals surface area (Å²) in [5, 5.41) is 3.58. The molecule has 0 spiro atoms. The van der Waals surface area contributed by atoms with Crippen molar-refractivity contribution in [3.05, 3.63) is 125 Å². The van der Waals surface area contributed by atoms with Gasteiger partial charge in [0.05, 0.1) is 23.7 Å². The maximum atomic E-state index is 14.3. The zero-order valence-corrected chi connectivity index (χ0v) is 22.8. The van der Waals surface area contributed by atoms with Gasteiger partial charge in [0.25, 0.3) is 5.91 Å². The summed E-state index contributed by atoms with van der Waals surface area (Å²) < 4.78 is 5.72. The van der Waals surface area contributed by atoms with Crippen molar-refractivity contribution in [1.82, 2.24) is 0 Å². The largest absolute Gasteiger partial charge is 0.469 e. The standard InChI is InChI=1S/C34H33N3O3/c1-3-36(4-2)26-18-16-23(17-19-26)33-32-28(21-25(22-30(32)38)31-15-10-20-40-31)35-27-13-8-9-14-29(27)37(33)34(39)24-11-6-5-7-12-24/h5-20,25,33,35H,3-4,21-22H2,1-2H3/t25-,33+/m0/s1. The normalized spacial score (nSPS) is 18.4. The number of nitrogens with one attached hydrogen (secondary N) is 1. The molecule has 6 heteroatoms. The molecular weight excluding hydrogens is 498 g/mol. The van der Waals surface area contributed by atoms with Gasteiger partial charge in [-0.1, -0.05) is 42.5 Å². The summed E-state index contributed by atoms with van der Waals surface area (Å²) in [6.07, 6.45) is 2.59. The number of Topliss-reactive ketones (excluding diaryl/α,β-unsaturated/α-hetero) is 1. The number of para-hydroxylation sites is 2. The molecule has 1 aromatic heterocycles. The number of carbonyl (C=O) groups excluding carboxylic acids is 2. The van der Waals surface area contributed by atoms with E-state index in [0.29, 0.717) is 24.0 Å². The fourth-order valence-electron chi connectivity index (χ4n) is 6.03. The molecule has 0 unspecified atom stereocenters. The highest BCUT2D eigenvalue weighted by Gasteiger charge is 2.42. The number of rotatable bonds is 6. The van der Waals surface area contributed by atoms with Crippen LogP contribution in [0.2, 0.25) is 0 Å². The minimum Gasteiger partial charge on any atom is -0.469 e. The molecule has 40 heavy (non-hydrogen) atoms. The molecule has 0 radical (unpaired) electrons. The molecule has 0 saturated carbocycles. The third-order valence-corrected chi connectivity index (χ3v) is 8.01. The van der Waals surface area contributed by atoms with Gasteiger partial charge in [-0.25, -0.2) is 0 Å². The summed E-state index contributed by atoms with van der Waals surface area (Å²) in [6, 6.07) is 28.6. The van der Waals surface area contributed by atoms with Crippen LogP contribution in [0.5, 0.6) is 0 Å². The van der Waals surface area contributed by atoms with Crippen LogP contribution < -0.4 is 15.1 Å². The fourth-order valence-corrected chi connectivity index (χ4v) is 6.03. The van der Waals surface area contributed by atoms with E-state index in [-0.39, 0.29) is 17.6 Å². The lowest BCUT2D eigenvalue weighted by Gasteiger charge is -2.35. The second-order valence-electron chi connectivity index (χ2n) is 10.3. The molecule has 2 aliphatic rings. The monoisotopic (exact) mass is 531 g/mol. The van der Waals surface area contributed by atoms with Crippen molar-refractivity contribution in [3.63, 3.8) is 0 Å². The highest BCUT2D eigenvalue weighted by atomic mass is 16.3. The number of hydrogen-bond acceptors (Lipinski definition) is 5. The lowest BCUT2D eigenvalue weighted by atomic mass is 9.80. The molecule has 0 bridgehead atoms. The molecule has 2 heterocycles. The number of fused-ring (bicyclic) bond motifs is 1. The van der Waals surface area contributed by atoms with Crippen molar-refractivity contribution in [2.24, 2.45) is 0 Å². The summed E-state index contributed by atoms with van der Waals surface area (Å²) in [5.74, 6) is 0.605. The van der Waals surface area contributed by atoms with Crippen LogP contribution in [0.15, 0.2) is 113 Å². The Morgan fingerprint density at radius 3 is 2.33 bits per heavy atom. The average Bonchev–Trinajstić information content (AvgIpc) is 3.49. The van der Waals surface area contributed by atoms with E-state index in [1.54, 1.807) is 11.2 Å². The van der Waals surface area contributed by atoms with E-state index >= 15 is 0 Å². The Bertz CT molecular complexity index is 1540. The van der Waals surface area contributed by atoms with Gasteiger partial charge in [-0.15, -0.1) is 0 Å². The molecule has 6 nitrogen and oxygen atoms in total. The summed E-state index contributed by atoms with van der Waals surface area (Å²) in [4.78, 5) is 32.5. The highest BCUT2D eigenvalue weighted by Crippen LogP contribution is 2.48. The minimum atomic E-state index is -0.588. The molecule has 0 saturated heterocycles. The Morgan fingerprint density at radius 1 is 0.900 bits per heavy atom. The molecule has 6 rings (SSSR count). The lowest BCUT2D eigenvalue weighted by Crippen LogP contribution is -2.38. The third-order valence-electron chi connectivity index (χ3n) is 8.01. The van der Waals surface area contributed by atoms with Gasteiger partial charge in [0, 0.05) is 47.9 Å². The zero-order valence-electron chi connectivity index (χ0n) is 22.8. The van der Waals surface area contributed by atoms with E-state index in [2.05, 4.69) is 48.3 Å². The Hall–Kier alpha value is -4.58. The number of carbonyl (C=O) groups is 2. The number of nitrogens with zero attached hydrogens (tertiary/aromatic N) is 2. The minimum absolute atomic E-state index is 0.0200. The molecule has 4 aromatic rings. The zero-order chi connectivity index (χ0) is 27.6. The molecule has 3 aromatic carbocycles. The van der Waals surface area contributed by atoms with Crippen molar-refractivity contribution in [2.45, 2.75) is 38.6 Å². The predicted octanol–water partition coefficient (Wildman–Crippen LogP) is 7.34. The third kappa shape index (κ3) is 4.60. The Kier molecular flexibility index (Phi) is 6.99. The van der Waals surface area contributed by atoms with E-state index in [0.717, 1.165) is 47.2 Å². The van der Waals surface area contributed by atoms with Crippen LogP contribution in [0.4, 0.5) is 17.1 Å². The molecule has 1 aliphatic heterocycles. The average molecular weight is 532 g/mol. The number of hydrogen-bond donors (Lipinski definition) is 1. The van der Waals surface area contributed by atoms with Crippen LogP contribution in [-0.2, 0) is 4.79 Å². The van der Waals surface area contributed by atoms with Crippen LogP contribution in [0.3, 0.4) is 0 Å². The number of furan rings is 1. The van der Waals surface area contributed by atoms with E-state index in [4.69, 9.17) is 4.42 Å². The van der Waals surface area contributed by atoms with Crippen molar-refractivity contribution in [2.75, 3.05) is 28.2 Å². The van der Waals surface area contributed by atoms with Gasteiger partial charge in [0.2, 0.25) is 0 Å². The second-order valence-corrected chi connectivity index (χ2v) is 10.3. The highest BCUT2D eigenvalue weighted by molar-refractivity contribution is 6.12. The van der Waals surface area contributed by atoms with Crippen LogP contribution in [-0.4, -0.2) is 24.8 Å². The topological polar surface area (TPSA) is 65.8 Å². The van der Waals surface area contributed by atoms with Gasteiger partial charge in [-0.05, 0) is 74.4 Å². The molecule has 1 amide bonds. The number of amides is 1. The summed E-state index contributed by atoms with van der Waals surface area (Å²) >= 11 is 0. The molecule has 202 valence electrons. The first-order valence-corrected chi connectivity index (χ1v) is 14.0. The summed E-state index contributed by atoms with van der Waals surface area (Å²) in [7, 11) is 0. The van der Waals surface area contributed by atoms with Gasteiger partial charge in [0.15, 0.2) is 5.78 Å². The lowest BCUT2D eigenvalue weighted by molar-refractivity contribution is -0.116. The van der Waals surface area contributed by atoms with Crippen LogP contribution in [0.1, 0.15) is 60.3 Å². The Balaban J connectivity index is 1.55. The first-order valence-electron chi connectivity index (χ1n) is 14.0. The van der Waals surface area contributed by atoms with Gasteiger partial charge in [0.1, 0.15) is 5.76 Å². The maximum Gasteiger partial charge on any atom is 0.259 e. The molecule has 1 aliphatic carbocycles. The second kappa shape index (κ2) is 10.9. The first-order chi connectivity index (χ1) is 19.6. The SMILES string of the molecule is CCN(CC)c1ccc([C@@H]2C3=C(C[C@H](c4ccco4)CC3=O)Nc3ccccc3N2C(=O)c2ccccc2)cc1. The molecule has 0 fully saturated rings. The van der Waals surface area contributed by atoms with Gasteiger partial charge >= 0.3 is 0 Å². The number of allylic oxidation sites excluding steroid dienone is 1. The molecule has 1 N–H and O–H groups in total. The van der Waals surface area contributed by atoms with Crippen LogP contribution in [0.25, 0.3) is 0 Å². The maximum absolute atomic E-state index is 14.3. The number of ketones is 1. The van der Waals surface area contributed by atoms with E-state index in [1.165, 1.54) is 0 Å². The van der Waals surface area contributed by atoms with Crippen molar-refractivity contribution in [1.29, 1.82) is 0 Å². The Labute approximate surface area is 234 Å². The quantitative estimate of drug-likeness (QED) is 0.282. The number of benzene rings is 3. The van der Waals surface area contributed by atoms with Gasteiger partial charge < -0.3 is 14.6 Å². The Morgan fingerprint density at radius 2 is 1.62 bits per heavy atom. The van der Waals surface area contributed by atoms with Crippen molar-refractivity contribution in [3.8, 4) is 0 Å². The van der Waals surface area contributed by atoms with Gasteiger partial charge in [-0.3, -0.25) is 14.5 Å². The van der Waals surface area contributed by atoms with E-state index in [9.17, 15) is 9.59 Å². The predicted molar refractivity (Wildman–Crippen MR) is 159 cm³/mol.